The van der Waals surface area contributed by atoms with Gasteiger partial charge in [-0.2, -0.15) is 5.10 Å². The van der Waals surface area contributed by atoms with Crippen molar-refractivity contribution in [2.75, 3.05) is 34.3 Å². The topological polar surface area (TPSA) is 42.3 Å². The molecule has 0 aromatic carbocycles. The molecule has 1 aromatic rings. The van der Waals surface area contributed by atoms with E-state index in [2.05, 4.69) is 41.0 Å². The molecule has 114 valence electrons. The molecule has 0 amide bonds. The number of likely N-dealkylation sites (N-methyl/N-ethyl adjacent to an activating group) is 1. The summed E-state index contributed by atoms with van der Waals surface area (Å²) in [5.74, 6) is 1.64. The molecule has 0 spiro atoms. The van der Waals surface area contributed by atoms with Crippen LogP contribution in [0.25, 0.3) is 0 Å². The Balaban J connectivity index is 2.22. The molecule has 1 N–H and O–H groups in total. The second-order valence-corrected chi connectivity index (χ2v) is 5.85. The molecule has 1 unspecified atom stereocenters. The van der Waals surface area contributed by atoms with E-state index in [-0.39, 0.29) is 0 Å². The number of ether oxygens (including phenoxy) is 1. The largest absolute Gasteiger partial charge is 0.493 e. The van der Waals surface area contributed by atoms with Gasteiger partial charge >= 0.3 is 0 Å². The van der Waals surface area contributed by atoms with E-state index in [1.807, 2.05) is 6.20 Å². The molecule has 1 aliphatic rings. The molecule has 5 heteroatoms. The number of hydrogen-bond donors (Lipinski definition) is 1. The summed E-state index contributed by atoms with van der Waals surface area (Å²) in [5, 5.41) is 8.16. The first kappa shape index (κ1) is 15.3. The fourth-order valence-electron chi connectivity index (χ4n) is 2.80. The van der Waals surface area contributed by atoms with E-state index in [9.17, 15) is 0 Å². The Morgan fingerprint density at radius 1 is 1.50 bits per heavy atom. The van der Waals surface area contributed by atoms with Gasteiger partial charge in [-0.25, -0.2) is 0 Å². The number of aromatic nitrogens is 2. The molecule has 5 nitrogen and oxygen atoms in total. The zero-order chi connectivity index (χ0) is 14.5. The van der Waals surface area contributed by atoms with Crippen LogP contribution in [0, 0.1) is 5.92 Å². The third-order valence-electron chi connectivity index (χ3n) is 4.16. The van der Waals surface area contributed by atoms with Gasteiger partial charge in [0.15, 0.2) is 5.75 Å². The van der Waals surface area contributed by atoms with Crippen LogP contribution in [0.15, 0.2) is 6.20 Å². The second kappa shape index (κ2) is 7.09. The molecule has 1 aromatic heterocycles. The SMILES string of the molecule is CCNC(c1c(OC)cnn1CCN(C)C)C1CCC1. The third-order valence-corrected chi connectivity index (χ3v) is 4.16. The summed E-state index contributed by atoms with van der Waals surface area (Å²) >= 11 is 0. The van der Waals surface area contributed by atoms with Gasteiger partial charge in [0, 0.05) is 6.54 Å². The van der Waals surface area contributed by atoms with Crippen molar-refractivity contribution in [3.8, 4) is 5.75 Å². The van der Waals surface area contributed by atoms with Crippen LogP contribution in [-0.2, 0) is 6.54 Å². The van der Waals surface area contributed by atoms with E-state index in [1.165, 1.54) is 25.0 Å². The Morgan fingerprint density at radius 2 is 2.25 bits per heavy atom. The van der Waals surface area contributed by atoms with Gasteiger partial charge in [0.1, 0.15) is 0 Å². The van der Waals surface area contributed by atoms with E-state index in [4.69, 9.17) is 4.74 Å². The van der Waals surface area contributed by atoms with Crippen molar-refractivity contribution in [2.45, 2.75) is 38.8 Å². The minimum Gasteiger partial charge on any atom is -0.493 e. The number of nitrogens with one attached hydrogen (secondary N) is 1. The zero-order valence-corrected chi connectivity index (χ0v) is 13.2. The maximum atomic E-state index is 5.54. The van der Waals surface area contributed by atoms with E-state index in [1.54, 1.807) is 7.11 Å². The molecule has 0 bridgehead atoms. The maximum absolute atomic E-state index is 5.54. The van der Waals surface area contributed by atoms with Gasteiger partial charge in [-0.05, 0) is 39.4 Å². The lowest BCUT2D eigenvalue weighted by molar-refractivity contribution is 0.217. The molecule has 1 heterocycles. The van der Waals surface area contributed by atoms with Crippen molar-refractivity contribution in [1.29, 1.82) is 0 Å². The summed E-state index contributed by atoms with van der Waals surface area (Å²) in [7, 11) is 5.92. The van der Waals surface area contributed by atoms with E-state index in [0.717, 1.165) is 31.3 Å². The Kier molecular flexibility index (Phi) is 5.43. The molecule has 1 fully saturated rings. The highest BCUT2D eigenvalue weighted by molar-refractivity contribution is 5.29. The molecule has 2 rings (SSSR count). The Bertz CT molecular complexity index is 412. The lowest BCUT2D eigenvalue weighted by atomic mass is 9.78. The minimum absolute atomic E-state index is 0.369. The lowest BCUT2D eigenvalue weighted by Gasteiger charge is -2.35. The van der Waals surface area contributed by atoms with Crippen molar-refractivity contribution < 1.29 is 4.74 Å². The Hall–Kier alpha value is -1.07. The molecular formula is C15H28N4O. The molecule has 0 saturated heterocycles. The standard InChI is InChI=1S/C15H28N4O/c1-5-16-14(12-7-6-8-12)15-13(20-4)11-17-19(15)10-9-18(2)3/h11-12,14,16H,5-10H2,1-4H3. The van der Waals surface area contributed by atoms with Crippen molar-refractivity contribution in [3.05, 3.63) is 11.9 Å². The van der Waals surface area contributed by atoms with Gasteiger partial charge < -0.3 is 15.0 Å². The molecule has 0 radical (unpaired) electrons. The van der Waals surface area contributed by atoms with Gasteiger partial charge in [-0.1, -0.05) is 13.3 Å². The number of rotatable bonds is 8. The van der Waals surface area contributed by atoms with Crippen LogP contribution in [0.1, 0.15) is 37.9 Å². The van der Waals surface area contributed by atoms with Crippen LogP contribution in [0.3, 0.4) is 0 Å². The minimum atomic E-state index is 0.369. The first-order chi connectivity index (χ1) is 9.67. The van der Waals surface area contributed by atoms with Gasteiger partial charge in [0.25, 0.3) is 0 Å². The quantitative estimate of drug-likeness (QED) is 0.790. The molecule has 20 heavy (non-hydrogen) atoms. The first-order valence-electron chi connectivity index (χ1n) is 7.65. The summed E-state index contributed by atoms with van der Waals surface area (Å²) in [5.41, 5.74) is 1.22. The fraction of sp³-hybridized carbons (Fsp3) is 0.800. The van der Waals surface area contributed by atoms with Crippen LogP contribution < -0.4 is 10.1 Å². The van der Waals surface area contributed by atoms with Crippen LogP contribution >= 0.6 is 0 Å². The van der Waals surface area contributed by atoms with Crippen molar-refractivity contribution in [2.24, 2.45) is 5.92 Å². The summed E-state index contributed by atoms with van der Waals surface area (Å²) in [6, 6.07) is 0.369. The van der Waals surface area contributed by atoms with Crippen LogP contribution in [0.5, 0.6) is 5.75 Å². The van der Waals surface area contributed by atoms with Gasteiger partial charge in [0.2, 0.25) is 0 Å². The second-order valence-electron chi connectivity index (χ2n) is 5.85. The summed E-state index contributed by atoms with van der Waals surface area (Å²) in [6.07, 6.45) is 5.81. The number of methoxy groups -OCH3 is 1. The smallest absolute Gasteiger partial charge is 0.161 e. The van der Waals surface area contributed by atoms with Crippen molar-refractivity contribution >= 4 is 0 Å². The molecule has 1 atom stereocenters. The highest BCUT2D eigenvalue weighted by atomic mass is 16.5. The third kappa shape index (κ3) is 3.33. The molecular weight excluding hydrogens is 252 g/mol. The van der Waals surface area contributed by atoms with Crippen molar-refractivity contribution in [1.82, 2.24) is 20.0 Å². The van der Waals surface area contributed by atoms with E-state index >= 15 is 0 Å². The predicted molar refractivity (Wildman–Crippen MR) is 81.1 cm³/mol. The zero-order valence-electron chi connectivity index (χ0n) is 13.2. The van der Waals surface area contributed by atoms with E-state index < -0.39 is 0 Å². The molecule has 1 aliphatic carbocycles. The van der Waals surface area contributed by atoms with Gasteiger partial charge in [0.05, 0.1) is 31.6 Å². The van der Waals surface area contributed by atoms with Gasteiger partial charge in [-0.3, -0.25) is 4.68 Å². The first-order valence-corrected chi connectivity index (χ1v) is 7.65. The summed E-state index contributed by atoms with van der Waals surface area (Å²) < 4.78 is 7.66. The fourth-order valence-corrected chi connectivity index (χ4v) is 2.80. The predicted octanol–water partition coefficient (Wildman–Crippen LogP) is 1.90. The average molecular weight is 280 g/mol. The highest BCUT2D eigenvalue weighted by Gasteiger charge is 2.32. The highest BCUT2D eigenvalue weighted by Crippen LogP contribution is 2.40. The van der Waals surface area contributed by atoms with E-state index in [0.29, 0.717) is 6.04 Å². The summed E-state index contributed by atoms with van der Waals surface area (Å²) in [4.78, 5) is 2.18. The number of hydrogen-bond acceptors (Lipinski definition) is 4. The summed E-state index contributed by atoms with van der Waals surface area (Å²) in [6.45, 7) is 5.03. The normalized spacial score (nSPS) is 17.2. The van der Waals surface area contributed by atoms with Crippen LogP contribution in [0.2, 0.25) is 0 Å². The van der Waals surface area contributed by atoms with Crippen LogP contribution in [0.4, 0.5) is 0 Å². The van der Waals surface area contributed by atoms with Crippen molar-refractivity contribution in [3.63, 3.8) is 0 Å². The van der Waals surface area contributed by atoms with Crippen LogP contribution in [-0.4, -0.2) is 49.0 Å². The molecule has 1 saturated carbocycles. The monoisotopic (exact) mass is 280 g/mol. The molecule has 0 aliphatic heterocycles. The number of nitrogens with zero attached hydrogens (tertiary/aromatic N) is 3. The Morgan fingerprint density at radius 3 is 2.75 bits per heavy atom. The van der Waals surface area contributed by atoms with Gasteiger partial charge in [-0.15, -0.1) is 0 Å². The average Bonchev–Trinajstić information content (AvgIpc) is 2.76. The Labute approximate surface area is 122 Å². The maximum Gasteiger partial charge on any atom is 0.161 e. The lowest BCUT2D eigenvalue weighted by Crippen LogP contribution is -2.34.